The highest BCUT2D eigenvalue weighted by Gasteiger charge is 2.16. The molecule has 14 heavy (non-hydrogen) atoms. The molecule has 0 radical (unpaired) electrons. The van der Waals surface area contributed by atoms with Gasteiger partial charge in [0.15, 0.2) is 0 Å². The number of hydrogen-bond donors (Lipinski definition) is 1. The van der Waals surface area contributed by atoms with Crippen LogP contribution in [-0.4, -0.2) is 38.9 Å². The molecule has 0 amide bonds. The van der Waals surface area contributed by atoms with Gasteiger partial charge < -0.3 is 9.88 Å². The maximum atomic E-state index is 4.17. The highest BCUT2D eigenvalue weighted by atomic mass is 32.2. The minimum Gasteiger partial charge on any atom is -0.318 e. The Morgan fingerprint density at radius 1 is 1.57 bits per heavy atom. The molecule has 1 saturated heterocycles. The Balaban J connectivity index is 1.99. The molecule has 1 aromatic heterocycles. The topological polar surface area (TPSA) is 42.7 Å². The van der Waals surface area contributed by atoms with Crippen molar-refractivity contribution in [1.82, 2.24) is 20.1 Å². The number of aryl methyl sites for hydroxylation is 1. The van der Waals surface area contributed by atoms with Gasteiger partial charge in [-0.25, -0.2) is 0 Å². The third kappa shape index (κ3) is 2.09. The first-order chi connectivity index (χ1) is 6.77. The van der Waals surface area contributed by atoms with Crippen LogP contribution in [0, 0.1) is 6.92 Å². The van der Waals surface area contributed by atoms with Crippen molar-refractivity contribution in [2.75, 3.05) is 18.1 Å². The van der Waals surface area contributed by atoms with E-state index in [4.69, 9.17) is 0 Å². The lowest BCUT2D eigenvalue weighted by Gasteiger charge is -2.22. The van der Waals surface area contributed by atoms with E-state index in [-0.39, 0.29) is 0 Å². The first-order valence-electron chi connectivity index (χ1n) is 4.93. The number of thioether (sulfide) groups is 1. The summed E-state index contributed by atoms with van der Waals surface area (Å²) in [7, 11) is 2.03. The first-order valence-corrected chi connectivity index (χ1v) is 6.09. The Morgan fingerprint density at radius 2 is 2.43 bits per heavy atom. The number of hydrogen-bond acceptors (Lipinski definition) is 4. The molecule has 2 heterocycles. The summed E-state index contributed by atoms with van der Waals surface area (Å²) in [5.74, 6) is 4.49. The number of aromatic nitrogens is 3. The molecule has 78 valence electrons. The lowest BCUT2D eigenvalue weighted by molar-refractivity contribution is 0.540. The van der Waals surface area contributed by atoms with Gasteiger partial charge in [0.05, 0.1) is 0 Å². The Bertz CT molecular complexity index is 304. The van der Waals surface area contributed by atoms with Crippen LogP contribution in [0.2, 0.25) is 0 Å². The van der Waals surface area contributed by atoms with Crippen molar-refractivity contribution in [2.45, 2.75) is 19.4 Å². The zero-order valence-electron chi connectivity index (χ0n) is 8.66. The summed E-state index contributed by atoms with van der Waals surface area (Å²) in [6, 6.07) is 0.566. The van der Waals surface area contributed by atoms with Gasteiger partial charge in [-0.1, -0.05) is 0 Å². The van der Waals surface area contributed by atoms with Gasteiger partial charge in [0, 0.05) is 37.6 Å². The quantitative estimate of drug-likeness (QED) is 0.769. The SMILES string of the molecule is Cc1nnc(CC2CSCCN2)n1C. The Hall–Kier alpha value is -0.550. The van der Waals surface area contributed by atoms with Crippen molar-refractivity contribution >= 4 is 11.8 Å². The predicted octanol–water partition coefficient (Wildman–Crippen LogP) is 0.371. The molecule has 1 unspecified atom stereocenters. The molecular weight excluding hydrogens is 196 g/mol. The Morgan fingerprint density at radius 3 is 3.00 bits per heavy atom. The van der Waals surface area contributed by atoms with E-state index in [2.05, 4.69) is 20.1 Å². The third-order valence-corrected chi connectivity index (χ3v) is 3.74. The van der Waals surface area contributed by atoms with E-state index in [1.807, 2.05) is 25.7 Å². The number of rotatable bonds is 2. The van der Waals surface area contributed by atoms with Gasteiger partial charge in [0.2, 0.25) is 0 Å². The van der Waals surface area contributed by atoms with Crippen LogP contribution in [-0.2, 0) is 13.5 Å². The van der Waals surface area contributed by atoms with Crippen LogP contribution in [0.15, 0.2) is 0 Å². The lowest BCUT2D eigenvalue weighted by Crippen LogP contribution is -2.39. The van der Waals surface area contributed by atoms with Gasteiger partial charge in [0.1, 0.15) is 11.6 Å². The molecular formula is C9H16N4S. The fraction of sp³-hybridized carbons (Fsp3) is 0.778. The summed E-state index contributed by atoms with van der Waals surface area (Å²) in [6.45, 7) is 3.10. The van der Waals surface area contributed by atoms with Crippen LogP contribution in [0.4, 0.5) is 0 Å². The molecule has 1 atom stereocenters. The molecule has 0 aromatic carbocycles. The van der Waals surface area contributed by atoms with Crippen LogP contribution in [0.1, 0.15) is 11.6 Å². The first kappa shape index (κ1) is 9.98. The van der Waals surface area contributed by atoms with Crippen LogP contribution in [0.25, 0.3) is 0 Å². The molecule has 0 bridgehead atoms. The van der Waals surface area contributed by atoms with Crippen molar-refractivity contribution in [3.63, 3.8) is 0 Å². The number of nitrogens with zero attached hydrogens (tertiary/aromatic N) is 3. The van der Waals surface area contributed by atoms with Crippen molar-refractivity contribution in [3.8, 4) is 0 Å². The fourth-order valence-electron chi connectivity index (χ4n) is 1.60. The zero-order valence-corrected chi connectivity index (χ0v) is 9.47. The molecule has 4 nitrogen and oxygen atoms in total. The van der Waals surface area contributed by atoms with E-state index in [9.17, 15) is 0 Å². The minimum absolute atomic E-state index is 0.566. The van der Waals surface area contributed by atoms with Gasteiger partial charge in [-0.2, -0.15) is 11.8 Å². The highest BCUT2D eigenvalue weighted by molar-refractivity contribution is 7.99. The van der Waals surface area contributed by atoms with Gasteiger partial charge in [0.25, 0.3) is 0 Å². The van der Waals surface area contributed by atoms with Crippen LogP contribution < -0.4 is 5.32 Å². The van der Waals surface area contributed by atoms with Crippen LogP contribution in [0.3, 0.4) is 0 Å². The molecule has 0 aliphatic carbocycles. The van der Waals surface area contributed by atoms with Gasteiger partial charge in [-0.15, -0.1) is 10.2 Å². The second-order valence-corrected chi connectivity index (χ2v) is 4.80. The van der Waals surface area contributed by atoms with Crippen LogP contribution >= 0.6 is 11.8 Å². The molecule has 5 heteroatoms. The maximum absolute atomic E-state index is 4.17. The molecule has 1 fully saturated rings. The van der Waals surface area contributed by atoms with Gasteiger partial charge in [-0.05, 0) is 6.92 Å². The summed E-state index contributed by atoms with van der Waals surface area (Å²) in [5, 5.41) is 11.7. The smallest absolute Gasteiger partial charge is 0.134 e. The summed E-state index contributed by atoms with van der Waals surface area (Å²) in [5.41, 5.74) is 0. The van der Waals surface area contributed by atoms with Crippen LogP contribution in [0.5, 0.6) is 0 Å². The molecule has 1 aliphatic heterocycles. The summed E-state index contributed by atoms with van der Waals surface area (Å²) >= 11 is 2.01. The second kappa shape index (κ2) is 4.31. The summed E-state index contributed by atoms with van der Waals surface area (Å²) < 4.78 is 2.07. The molecule has 1 aromatic rings. The predicted molar refractivity (Wildman–Crippen MR) is 58.6 cm³/mol. The highest BCUT2D eigenvalue weighted by Crippen LogP contribution is 2.11. The fourth-order valence-corrected chi connectivity index (χ4v) is 2.55. The summed E-state index contributed by atoms with van der Waals surface area (Å²) in [4.78, 5) is 0. The molecule has 0 spiro atoms. The van der Waals surface area contributed by atoms with Gasteiger partial charge in [-0.3, -0.25) is 0 Å². The van der Waals surface area contributed by atoms with E-state index in [1.165, 1.54) is 11.5 Å². The average Bonchev–Trinajstić information content (AvgIpc) is 2.52. The van der Waals surface area contributed by atoms with E-state index in [0.717, 1.165) is 24.6 Å². The largest absolute Gasteiger partial charge is 0.318 e. The normalized spacial score (nSPS) is 22.6. The average molecular weight is 212 g/mol. The number of nitrogens with one attached hydrogen (secondary N) is 1. The maximum Gasteiger partial charge on any atom is 0.134 e. The van der Waals surface area contributed by atoms with Crippen molar-refractivity contribution in [2.24, 2.45) is 7.05 Å². The Kier molecular flexibility index (Phi) is 3.08. The van der Waals surface area contributed by atoms with E-state index < -0.39 is 0 Å². The van der Waals surface area contributed by atoms with E-state index in [0.29, 0.717) is 6.04 Å². The van der Waals surface area contributed by atoms with Crippen molar-refractivity contribution < 1.29 is 0 Å². The summed E-state index contributed by atoms with van der Waals surface area (Å²) in [6.07, 6.45) is 0.990. The van der Waals surface area contributed by atoms with Crippen molar-refractivity contribution in [3.05, 3.63) is 11.6 Å². The lowest BCUT2D eigenvalue weighted by atomic mass is 10.2. The van der Waals surface area contributed by atoms with E-state index >= 15 is 0 Å². The molecule has 2 rings (SSSR count). The minimum atomic E-state index is 0.566. The monoisotopic (exact) mass is 212 g/mol. The zero-order chi connectivity index (χ0) is 9.97. The standard InChI is InChI=1S/C9H16N4S/c1-7-11-12-9(13(7)2)5-8-6-14-4-3-10-8/h8,10H,3-6H2,1-2H3. The van der Waals surface area contributed by atoms with E-state index in [1.54, 1.807) is 0 Å². The second-order valence-electron chi connectivity index (χ2n) is 3.65. The molecule has 0 saturated carbocycles. The third-order valence-electron chi connectivity index (χ3n) is 2.61. The van der Waals surface area contributed by atoms with Crippen molar-refractivity contribution in [1.29, 1.82) is 0 Å². The Labute approximate surface area is 88.5 Å². The molecule has 1 aliphatic rings. The molecule has 1 N–H and O–H groups in total. The van der Waals surface area contributed by atoms with Gasteiger partial charge >= 0.3 is 0 Å².